The van der Waals surface area contributed by atoms with Crippen LogP contribution in [0.2, 0.25) is 0 Å². The fraction of sp³-hybridized carbons (Fsp3) is 0.538. The van der Waals surface area contributed by atoms with Gasteiger partial charge >= 0.3 is 12.0 Å². The van der Waals surface area contributed by atoms with Gasteiger partial charge in [0.15, 0.2) is 5.60 Å². The summed E-state index contributed by atoms with van der Waals surface area (Å²) in [6.45, 7) is 5.02. The first-order valence-corrected chi connectivity index (χ1v) is 7.14. The molecule has 3 N–H and O–H groups in total. The minimum atomic E-state index is -1.97. The van der Waals surface area contributed by atoms with Crippen LogP contribution in [-0.2, 0) is 11.3 Å². The van der Waals surface area contributed by atoms with Crippen molar-refractivity contribution in [2.24, 2.45) is 0 Å². The molecule has 20 heavy (non-hydrogen) atoms. The van der Waals surface area contributed by atoms with Crippen LogP contribution in [0.1, 0.15) is 25.6 Å². The average molecular weight is 300 g/mol. The largest absolute Gasteiger partial charge is 0.479 e. The van der Waals surface area contributed by atoms with Crippen molar-refractivity contribution in [3.8, 4) is 0 Å². The number of aliphatic carboxylic acids is 1. The van der Waals surface area contributed by atoms with Gasteiger partial charge in [0.2, 0.25) is 0 Å². The molecule has 1 unspecified atom stereocenters. The quantitative estimate of drug-likeness (QED) is 0.742. The maximum atomic E-state index is 12.1. The number of carboxylic acids is 1. The Morgan fingerprint density at radius 2 is 2.15 bits per heavy atom. The number of rotatable bonds is 6. The first-order chi connectivity index (χ1) is 9.24. The molecule has 0 aliphatic carbocycles. The predicted octanol–water partition coefficient (Wildman–Crippen LogP) is 1.50. The van der Waals surface area contributed by atoms with E-state index in [1.807, 2.05) is 31.4 Å². The molecule has 0 aliphatic rings. The van der Waals surface area contributed by atoms with Gasteiger partial charge in [0.1, 0.15) is 0 Å². The van der Waals surface area contributed by atoms with Gasteiger partial charge in [0.25, 0.3) is 0 Å². The van der Waals surface area contributed by atoms with Gasteiger partial charge in [-0.1, -0.05) is 6.07 Å². The van der Waals surface area contributed by atoms with Crippen molar-refractivity contribution >= 4 is 23.3 Å². The first-order valence-electron chi connectivity index (χ1n) is 6.26. The first kappa shape index (κ1) is 16.5. The van der Waals surface area contributed by atoms with E-state index in [0.717, 1.165) is 11.8 Å². The van der Waals surface area contributed by atoms with E-state index >= 15 is 0 Å². The highest BCUT2D eigenvalue weighted by atomic mass is 32.1. The monoisotopic (exact) mass is 300 g/mol. The van der Waals surface area contributed by atoms with Crippen molar-refractivity contribution in [1.29, 1.82) is 0 Å². The van der Waals surface area contributed by atoms with Gasteiger partial charge in [-0.15, -0.1) is 11.3 Å². The summed E-state index contributed by atoms with van der Waals surface area (Å²) in [5.41, 5.74) is -1.97. The second-order valence-corrected chi connectivity index (χ2v) is 6.07. The Morgan fingerprint density at radius 1 is 1.50 bits per heavy atom. The molecule has 7 heteroatoms. The Kier molecular flexibility index (Phi) is 5.52. The molecule has 1 aromatic heterocycles. The highest BCUT2D eigenvalue weighted by Crippen LogP contribution is 2.14. The van der Waals surface area contributed by atoms with Crippen molar-refractivity contribution in [3.05, 3.63) is 22.4 Å². The minimum absolute atomic E-state index is 0.0353. The smallest absolute Gasteiger partial charge is 0.337 e. The summed E-state index contributed by atoms with van der Waals surface area (Å²) in [7, 11) is 0. The van der Waals surface area contributed by atoms with E-state index in [1.54, 1.807) is 16.2 Å². The van der Waals surface area contributed by atoms with Crippen LogP contribution in [0.3, 0.4) is 0 Å². The van der Waals surface area contributed by atoms with Crippen molar-refractivity contribution in [1.82, 2.24) is 10.2 Å². The number of carbonyl (C=O) groups excluding carboxylic acids is 1. The van der Waals surface area contributed by atoms with E-state index in [9.17, 15) is 14.7 Å². The van der Waals surface area contributed by atoms with Crippen molar-refractivity contribution in [2.45, 2.75) is 39.0 Å². The summed E-state index contributed by atoms with van der Waals surface area (Å²) in [6, 6.07) is 3.41. The zero-order chi connectivity index (χ0) is 15.3. The number of amides is 2. The highest BCUT2D eigenvalue weighted by Gasteiger charge is 2.31. The van der Waals surface area contributed by atoms with Gasteiger partial charge < -0.3 is 20.4 Å². The lowest BCUT2D eigenvalue weighted by molar-refractivity contribution is -0.155. The number of aliphatic hydroxyl groups is 1. The molecule has 0 spiro atoms. The molecule has 0 aliphatic heterocycles. The summed E-state index contributed by atoms with van der Waals surface area (Å²) in [6.07, 6.45) is 0. The maximum Gasteiger partial charge on any atom is 0.337 e. The van der Waals surface area contributed by atoms with E-state index in [4.69, 9.17) is 5.11 Å². The molecule has 0 radical (unpaired) electrons. The zero-order valence-electron chi connectivity index (χ0n) is 11.8. The molecule has 1 aromatic rings. The van der Waals surface area contributed by atoms with Gasteiger partial charge in [-0.2, -0.15) is 0 Å². The molecular weight excluding hydrogens is 280 g/mol. The molecule has 0 fully saturated rings. The second kappa shape index (κ2) is 6.71. The Hall–Kier alpha value is -1.60. The molecule has 1 heterocycles. The minimum Gasteiger partial charge on any atom is -0.479 e. The Morgan fingerprint density at radius 3 is 2.60 bits per heavy atom. The zero-order valence-corrected chi connectivity index (χ0v) is 12.6. The number of nitrogens with zero attached hydrogens (tertiary/aromatic N) is 1. The Bertz CT molecular complexity index is 457. The maximum absolute atomic E-state index is 12.1. The lowest BCUT2D eigenvalue weighted by Crippen LogP contribution is -2.51. The number of carbonyl (C=O) groups is 2. The topological polar surface area (TPSA) is 89.9 Å². The SMILES string of the molecule is CC(C)N(Cc1cccs1)C(=O)NCC(C)(O)C(=O)O. The third kappa shape index (κ3) is 4.50. The van der Waals surface area contributed by atoms with Gasteiger partial charge in [-0.25, -0.2) is 9.59 Å². The molecular formula is C13H20N2O4S. The molecule has 6 nitrogen and oxygen atoms in total. The molecule has 112 valence electrons. The number of urea groups is 1. The van der Waals surface area contributed by atoms with Crippen LogP contribution in [0.4, 0.5) is 4.79 Å². The van der Waals surface area contributed by atoms with Gasteiger partial charge in [-0.05, 0) is 32.2 Å². The van der Waals surface area contributed by atoms with E-state index in [-0.39, 0.29) is 12.6 Å². The molecule has 2 amide bonds. The van der Waals surface area contributed by atoms with Crippen LogP contribution in [0.5, 0.6) is 0 Å². The van der Waals surface area contributed by atoms with Gasteiger partial charge in [0.05, 0.1) is 13.1 Å². The fourth-order valence-corrected chi connectivity index (χ4v) is 2.19. The lowest BCUT2D eigenvalue weighted by Gasteiger charge is -2.28. The Balaban J connectivity index is 2.64. The highest BCUT2D eigenvalue weighted by molar-refractivity contribution is 7.09. The van der Waals surface area contributed by atoms with Crippen LogP contribution in [0.15, 0.2) is 17.5 Å². The lowest BCUT2D eigenvalue weighted by atomic mass is 10.1. The number of carboxylic acid groups (broad SMARTS) is 1. The molecule has 0 bridgehead atoms. The van der Waals surface area contributed by atoms with E-state index < -0.39 is 17.6 Å². The average Bonchev–Trinajstić information content (AvgIpc) is 2.85. The van der Waals surface area contributed by atoms with Crippen LogP contribution >= 0.6 is 11.3 Å². The molecule has 0 saturated heterocycles. The normalized spacial score (nSPS) is 13.8. The molecule has 0 saturated carbocycles. The number of thiophene rings is 1. The summed E-state index contributed by atoms with van der Waals surface area (Å²) in [5.74, 6) is -1.37. The van der Waals surface area contributed by atoms with Crippen LogP contribution in [0.25, 0.3) is 0 Å². The summed E-state index contributed by atoms with van der Waals surface area (Å²) < 4.78 is 0. The fourth-order valence-electron chi connectivity index (χ4n) is 1.48. The third-order valence-electron chi connectivity index (χ3n) is 2.84. The second-order valence-electron chi connectivity index (χ2n) is 5.04. The molecule has 1 atom stereocenters. The van der Waals surface area contributed by atoms with Crippen molar-refractivity contribution in [3.63, 3.8) is 0 Å². The third-order valence-corrected chi connectivity index (χ3v) is 3.70. The molecule has 0 aromatic carbocycles. The number of nitrogens with one attached hydrogen (secondary N) is 1. The van der Waals surface area contributed by atoms with Crippen LogP contribution in [-0.4, -0.2) is 45.3 Å². The van der Waals surface area contributed by atoms with E-state index in [1.165, 1.54) is 0 Å². The summed E-state index contributed by atoms with van der Waals surface area (Å²) in [4.78, 5) is 25.5. The van der Waals surface area contributed by atoms with Crippen molar-refractivity contribution in [2.75, 3.05) is 6.54 Å². The van der Waals surface area contributed by atoms with Crippen LogP contribution < -0.4 is 5.32 Å². The van der Waals surface area contributed by atoms with Crippen molar-refractivity contribution < 1.29 is 19.8 Å². The van der Waals surface area contributed by atoms with Gasteiger partial charge in [-0.3, -0.25) is 0 Å². The predicted molar refractivity (Wildman–Crippen MR) is 76.7 cm³/mol. The number of hydrogen-bond donors (Lipinski definition) is 3. The Labute approximate surface area is 122 Å². The van der Waals surface area contributed by atoms with Crippen LogP contribution in [0, 0.1) is 0 Å². The summed E-state index contributed by atoms with van der Waals surface area (Å²) >= 11 is 1.55. The standard InChI is InChI=1S/C13H20N2O4S/c1-9(2)15(7-10-5-4-6-20-10)12(18)14-8-13(3,19)11(16)17/h4-6,9,19H,7-8H2,1-3H3,(H,14,18)(H,16,17). The summed E-state index contributed by atoms with van der Waals surface area (Å²) in [5, 5.41) is 22.8. The molecule has 1 rings (SSSR count). The van der Waals surface area contributed by atoms with E-state index in [0.29, 0.717) is 6.54 Å². The van der Waals surface area contributed by atoms with E-state index in [2.05, 4.69) is 5.32 Å². The number of hydrogen-bond acceptors (Lipinski definition) is 4. The van der Waals surface area contributed by atoms with Gasteiger partial charge in [0, 0.05) is 10.9 Å².